The van der Waals surface area contributed by atoms with Crippen molar-refractivity contribution in [1.29, 1.82) is 0 Å². The first-order chi connectivity index (χ1) is 20.9. The molecule has 3 saturated heterocycles. The van der Waals surface area contributed by atoms with Gasteiger partial charge in [0.25, 0.3) is 5.91 Å². The number of nitrogens with two attached hydrogens (primary N) is 1. The molecule has 236 valence electrons. The highest BCUT2D eigenvalue weighted by Crippen LogP contribution is 2.43. The van der Waals surface area contributed by atoms with Crippen molar-refractivity contribution in [3.8, 4) is 0 Å². The average Bonchev–Trinajstić information content (AvgIpc) is 3.31. The predicted octanol–water partition coefficient (Wildman–Crippen LogP) is 2.60. The maximum Gasteiger partial charge on any atom is 0.259 e. The Morgan fingerprint density at radius 2 is 1.77 bits per heavy atom. The van der Waals surface area contributed by atoms with Crippen molar-refractivity contribution >= 4 is 23.3 Å². The van der Waals surface area contributed by atoms with Gasteiger partial charge in [-0.25, -0.2) is 13.9 Å². The molecule has 11 nitrogen and oxygen atoms in total. The van der Waals surface area contributed by atoms with Crippen molar-refractivity contribution < 1.29 is 18.7 Å². The number of carbonyl (C=O) groups is 2. The Balaban J connectivity index is 1.24. The summed E-state index contributed by atoms with van der Waals surface area (Å²) < 4.78 is 20.4. The van der Waals surface area contributed by atoms with Gasteiger partial charge in [-0.3, -0.25) is 14.5 Å². The fraction of sp³-hybridized carbons (Fsp3) is 0.742. The highest BCUT2D eigenvalue weighted by Gasteiger charge is 2.49. The Labute approximate surface area is 253 Å². The van der Waals surface area contributed by atoms with Crippen LogP contribution >= 0.6 is 0 Å². The summed E-state index contributed by atoms with van der Waals surface area (Å²) in [6, 6.07) is -0.0346. The zero-order chi connectivity index (χ0) is 30.0. The summed E-state index contributed by atoms with van der Waals surface area (Å²) in [5.74, 6) is -0.565. The van der Waals surface area contributed by atoms with Crippen LogP contribution in [0.2, 0.25) is 0 Å². The lowest BCUT2D eigenvalue weighted by molar-refractivity contribution is -0.149. The van der Waals surface area contributed by atoms with E-state index in [1.54, 1.807) is 7.11 Å². The molecule has 0 aromatic carbocycles. The van der Waals surface area contributed by atoms with E-state index in [1.165, 1.54) is 55.7 Å². The minimum atomic E-state index is -0.550. The summed E-state index contributed by atoms with van der Waals surface area (Å²) in [5.41, 5.74) is 6.61. The number of ether oxygens (including phenoxy) is 1. The summed E-state index contributed by atoms with van der Waals surface area (Å²) in [5, 5.41) is 11.2. The zero-order valence-electron chi connectivity index (χ0n) is 25.4. The number of fused-ring (bicyclic) bond motifs is 1. The number of hydrogen-bond donors (Lipinski definition) is 3. The van der Waals surface area contributed by atoms with Crippen molar-refractivity contribution in [3.63, 3.8) is 0 Å². The minimum absolute atomic E-state index is 0.0154. The second-order valence-electron chi connectivity index (χ2n) is 13.2. The van der Waals surface area contributed by atoms with Crippen LogP contribution in [0.15, 0.2) is 12.4 Å². The van der Waals surface area contributed by atoms with Crippen LogP contribution in [0.25, 0.3) is 5.65 Å². The van der Waals surface area contributed by atoms with Gasteiger partial charge in [-0.2, -0.15) is 0 Å². The third kappa shape index (κ3) is 6.23. The van der Waals surface area contributed by atoms with Gasteiger partial charge in [0.05, 0.1) is 24.5 Å². The molecular formula is C31H47FN8O3. The van der Waals surface area contributed by atoms with Gasteiger partial charge in [-0.15, -0.1) is 5.10 Å². The third-order valence-corrected chi connectivity index (χ3v) is 10.5. The van der Waals surface area contributed by atoms with Crippen molar-refractivity contribution in [2.24, 2.45) is 11.3 Å². The molecule has 1 saturated carbocycles. The van der Waals surface area contributed by atoms with Crippen molar-refractivity contribution in [2.75, 3.05) is 52.1 Å². The Kier molecular flexibility index (Phi) is 9.16. The van der Waals surface area contributed by atoms with Crippen LogP contribution in [0.4, 0.5) is 10.2 Å². The van der Waals surface area contributed by atoms with E-state index >= 15 is 0 Å². The Morgan fingerprint density at radius 3 is 2.44 bits per heavy atom. The molecule has 1 spiro atoms. The molecule has 6 rings (SSSR count). The van der Waals surface area contributed by atoms with Gasteiger partial charge in [0, 0.05) is 50.7 Å². The standard InChI is InChI=1S/C31H47FN8O3/c1-43-23-18-39(19-23)30(42)21-9-13-38(14-10-21)26-24(16-34-20-31(26)11-7-5-3-2-4-6-8-12-31)36-29(41)25-27(33)37-40-17-22(32)15-35-28(25)40/h15,17,21,23-24,26,34H,2-14,16,18-20H2,1H3,(H2,33,37)(H,36,41). The first-order valence-corrected chi connectivity index (χ1v) is 16.2. The van der Waals surface area contributed by atoms with E-state index in [0.29, 0.717) is 19.6 Å². The molecule has 5 heterocycles. The molecule has 2 amide bonds. The van der Waals surface area contributed by atoms with Crippen LogP contribution in [0.5, 0.6) is 0 Å². The molecule has 1 aliphatic carbocycles. The fourth-order valence-corrected chi connectivity index (χ4v) is 8.16. The van der Waals surface area contributed by atoms with Gasteiger partial charge in [-0.05, 0) is 38.8 Å². The monoisotopic (exact) mass is 598 g/mol. The number of rotatable bonds is 5. The average molecular weight is 599 g/mol. The lowest BCUT2D eigenvalue weighted by Gasteiger charge is -2.55. The highest BCUT2D eigenvalue weighted by molar-refractivity contribution is 6.04. The number of hydrogen-bond acceptors (Lipinski definition) is 8. The summed E-state index contributed by atoms with van der Waals surface area (Å²) in [6.45, 7) is 4.61. The summed E-state index contributed by atoms with van der Waals surface area (Å²) in [6.07, 6.45) is 15.0. The van der Waals surface area contributed by atoms with E-state index < -0.39 is 5.82 Å². The van der Waals surface area contributed by atoms with E-state index in [9.17, 15) is 14.0 Å². The van der Waals surface area contributed by atoms with Gasteiger partial charge < -0.3 is 26.0 Å². The minimum Gasteiger partial charge on any atom is -0.381 e. The quantitative estimate of drug-likeness (QED) is 0.479. The number of piperidine rings is 2. The van der Waals surface area contributed by atoms with E-state index in [1.807, 2.05) is 4.90 Å². The fourth-order valence-electron chi connectivity index (χ4n) is 8.16. The van der Waals surface area contributed by atoms with Crippen LogP contribution in [0.3, 0.4) is 0 Å². The Hall–Kier alpha value is -2.83. The molecule has 43 heavy (non-hydrogen) atoms. The van der Waals surface area contributed by atoms with Crippen LogP contribution < -0.4 is 16.4 Å². The van der Waals surface area contributed by atoms with Gasteiger partial charge in [0.1, 0.15) is 5.56 Å². The number of anilines is 1. The van der Waals surface area contributed by atoms with Gasteiger partial charge in [0.15, 0.2) is 17.3 Å². The van der Waals surface area contributed by atoms with Crippen LogP contribution in [-0.2, 0) is 9.53 Å². The van der Waals surface area contributed by atoms with E-state index in [0.717, 1.165) is 51.5 Å². The molecule has 4 aliphatic rings. The third-order valence-electron chi connectivity index (χ3n) is 10.5. The molecule has 2 unspecified atom stereocenters. The molecule has 0 radical (unpaired) electrons. The normalized spacial score (nSPS) is 26.3. The number of nitrogens with one attached hydrogen (secondary N) is 2. The molecular weight excluding hydrogens is 551 g/mol. The maximum atomic E-state index is 13.8. The second-order valence-corrected chi connectivity index (χ2v) is 13.2. The molecule has 2 aromatic rings. The van der Waals surface area contributed by atoms with Crippen molar-refractivity contribution in [2.45, 2.75) is 88.8 Å². The van der Waals surface area contributed by atoms with Crippen molar-refractivity contribution in [3.05, 3.63) is 23.8 Å². The van der Waals surface area contributed by atoms with Gasteiger partial charge >= 0.3 is 0 Å². The molecule has 4 N–H and O–H groups in total. The Bertz CT molecular complexity index is 1280. The van der Waals surface area contributed by atoms with E-state index in [2.05, 4.69) is 25.6 Å². The smallest absolute Gasteiger partial charge is 0.259 e. The van der Waals surface area contributed by atoms with Crippen molar-refractivity contribution in [1.82, 2.24) is 35.0 Å². The van der Waals surface area contributed by atoms with Crippen LogP contribution in [0.1, 0.15) is 81.0 Å². The van der Waals surface area contributed by atoms with Crippen LogP contribution in [0, 0.1) is 17.2 Å². The zero-order valence-corrected chi connectivity index (χ0v) is 25.4. The molecule has 2 atom stereocenters. The lowest BCUT2D eigenvalue weighted by Crippen LogP contribution is -2.69. The number of carbonyl (C=O) groups excluding carboxylic acids is 2. The first-order valence-electron chi connectivity index (χ1n) is 16.2. The summed E-state index contributed by atoms with van der Waals surface area (Å²) >= 11 is 0. The SMILES string of the molecule is COC1CN(C(=O)C2CCN(C3C(NC(=O)c4c(N)nn5cc(F)cnc45)CNCC34CCCCCCCCC4)CC2)C1. The number of halogens is 1. The largest absolute Gasteiger partial charge is 0.381 e. The second kappa shape index (κ2) is 13.0. The predicted molar refractivity (Wildman–Crippen MR) is 161 cm³/mol. The topological polar surface area (TPSA) is 130 Å². The molecule has 2 aromatic heterocycles. The summed E-state index contributed by atoms with van der Waals surface area (Å²) in [4.78, 5) is 35.7. The maximum absolute atomic E-state index is 13.8. The lowest BCUT2D eigenvalue weighted by atomic mass is 9.66. The van der Waals surface area contributed by atoms with E-state index in [4.69, 9.17) is 10.5 Å². The molecule has 0 bridgehead atoms. The molecule has 4 fully saturated rings. The van der Waals surface area contributed by atoms with Crippen LogP contribution in [-0.4, -0.2) is 101 Å². The number of likely N-dealkylation sites (tertiary alicyclic amines) is 2. The number of methoxy groups -OCH3 is 1. The first kappa shape index (κ1) is 30.2. The van der Waals surface area contributed by atoms with E-state index in [-0.39, 0.29) is 58.4 Å². The molecule has 3 aliphatic heterocycles. The Morgan fingerprint density at radius 1 is 1.09 bits per heavy atom. The molecule has 12 heteroatoms. The number of aromatic nitrogens is 3. The van der Waals surface area contributed by atoms with Gasteiger partial charge in [-0.1, -0.05) is 44.9 Å². The summed E-state index contributed by atoms with van der Waals surface area (Å²) in [7, 11) is 1.70. The number of amides is 2. The number of nitrogen functional groups attached to an aromatic ring is 1. The number of nitrogens with zero attached hydrogens (tertiary/aromatic N) is 5. The highest BCUT2D eigenvalue weighted by atomic mass is 19.1. The van der Waals surface area contributed by atoms with Gasteiger partial charge in [0.2, 0.25) is 5.91 Å².